The van der Waals surface area contributed by atoms with Crippen LogP contribution in [-0.4, -0.2) is 45.4 Å². The number of rotatable bonds is 5. The van der Waals surface area contributed by atoms with Gasteiger partial charge in [-0.2, -0.15) is 0 Å². The quantitative estimate of drug-likeness (QED) is 0.744. The number of nitrogens with one attached hydrogen (secondary N) is 2. The molecule has 25 heavy (non-hydrogen) atoms. The highest BCUT2D eigenvalue weighted by Gasteiger charge is 2.19. The van der Waals surface area contributed by atoms with E-state index in [4.69, 9.17) is 0 Å². The van der Waals surface area contributed by atoms with Crippen LogP contribution in [0.1, 0.15) is 16.8 Å². The van der Waals surface area contributed by atoms with E-state index in [-0.39, 0.29) is 5.91 Å². The summed E-state index contributed by atoms with van der Waals surface area (Å²) in [7, 11) is 0. The fraction of sp³-hybridized carbons (Fsp3) is 0.316. The summed E-state index contributed by atoms with van der Waals surface area (Å²) in [5, 5.41) is 4.26. The monoisotopic (exact) mass is 335 g/mol. The lowest BCUT2D eigenvalue weighted by Crippen LogP contribution is -2.40. The van der Waals surface area contributed by atoms with Crippen molar-refractivity contribution in [2.24, 2.45) is 0 Å². The van der Waals surface area contributed by atoms with Gasteiger partial charge in [0.25, 0.3) is 0 Å². The van der Waals surface area contributed by atoms with Gasteiger partial charge in [0.15, 0.2) is 0 Å². The van der Waals surface area contributed by atoms with Gasteiger partial charge in [0, 0.05) is 42.9 Å². The lowest BCUT2D eigenvalue weighted by atomic mass is 10.1. The molecule has 3 aromatic rings. The van der Waals surface area contributed by atoms with Crippen LogP contribution < -0.4 is 5.32 Å². The third kappa shape index (κ3) is 3.53. The van der Waals surface area contributed by atoms with Crippen molar-refractivity contribution in [3.8, 4) is 0 Å². The molecule has 6 heteroatoms. The Labute approximate surface area is 146 Å². The largest absolute Gasteiger partial charge is 0.361 e. The Balaban J connectivity index is 1.27. The fourth-order valence-corrected chi connectivity index (χ4v) is 3.37. The van der Waals surface area contributed by atoms with Gasteiger partial charge in [-0.3, -0.25) is 9.69 Å². The first-order valence-electron chi connectivity index (χ1n) is 8.61. The maximum atomic E-state index is 12.2. The second-order valence-electron chi connectivity index (χ2n) is 6.41. The predicted molar refractivity (Wildman–Crippen MR) is 96.0 cm³/mol. The molecule has 0 atom stereocenters. The van der Waals surface area contributed by atoms with Crippen molar-refractivity contribution < 1.29 is 4.79 Å². The summed E-state index contributed by atoms with van der Waals surface area (Å²) in [5.41, 5.74) is 4.60. The minimum Gasteiger partial charge on any atom is -0.361 e. The summed E-state index contributed by atoms with van der Waals surface area (Å²) >= 11 is 0. The molecule has 1 aliphatic heterocycles. The van der Waals surface area contributed by atoms with E-state index in [0.717, 1.165) is 30.6 Å². The third-order valence-electron chi connectivity index (χ3n) is 4.71. The summed E-state index contributed by atoms with van der Waals surface area (Å²) in [6, 6.07) is 8.23. The standard InChI is InChI=1S/C19H21N5O/c25-19(12-24-8-6-15-9-20-13-23-18(15)11-24)21-7-5-14-10-22-17-4-2-1-3-16(14)17/h1-4,9-10,13,22H,5-8,11-12H2,(H,21,25). The Kier molecular flexibility index (Phi) is 4.43. The molecule has 2 N–H and O–H groups in total. The molecule has 0 unspecified atom stereocenters. The van der Waals surface area contributed by atoms with Crippen molar-refractivity contribution >= 4 is 16.8 Å². The Morgan fingerprint density at radius 3 is 3.20 bits per heavy atom. The SMILES string of the molecule is O=C(CN1CCc2cncnc2C1)NCCc1c[nH]c2ccccc12. The summed E-state index contributed by atoms with van der Waals surface area (Å²) < 4.78 is 0. The Morgan fingerprint density at radius 2 is 2.24 bits per heavy atom. The van der Waals surface area contributed by atoms with Crippen molar-refractivity contribution in [3.63, 3.8) is 0 Å². The second kappa shape index (κ2) is 7.03. The van der Waals surface area contributed by atoms with Crippen LogP contribution in [0.25, 0.3) is 10.9 Å². The van der Waals surface area contributed by atoms with Gasteiger partial charge in [-0.05, 0) is 30.0 Å². The van der Waals surface area contributed by atoms with Crippen LogP contribution in [-0.2, 0) is 24.2 Å². The number of benzene rings is 1. The molecular weight excluding hydrogens is 314 g/mol. The number of H-pyrrole nitrogens is 1. The molecule has 128 valence electrons. The summed E-state index contributed by atoms with van der Waals surface area (Å²) in [4.78, 5) is 26.0. The van der Waals surface area contributed by atoms with E-state index >= 15 is 0 Å². The zero-order chi connectivity index (χ0) is 17.1. The van der Waals surface area contributed by atoms with E-state index in [1.807, 2.05) is 24.5 Å². The van der Waals surface area contributed by atoms with Gasteiger partial charge in [0.05, 0.1) is 12.2 Å². The molecule has 0 saturated heterocycles. The number of hydrogen-bond donors (Lipinski definition) is 2. The van der Waals surface area contributed by atoms with Crippen LogP contribution in [0.5, 0.6) is 0 Å². The lowest BCUT2D eigenvalue weighted by Gasteiger charge is -2.26. The Hall–Kier alpha value is -2.73. The van der Waals surface area contributed by atoms with Gasteiger partial charge in [-0.15, -0.1) is 0 Å². The number of amides is 1. The van der Waals surface area contributed by atoms with E-state index in [2.05, 4.69) is 37.3 Å². The fourth-order valence-electron chi connectivity index (χ4n) is 3.37. The maximum Gasteiger partial charge on any atom is 0.234 e. The van der Waals surface area contributed by atoms with Gasteiger partial charge in [-0.1, -0.05) is 18.2 Å². The first-order chi connectivity index (χ1) is 12.3. The molecule has 1 amide bonds. The molecule has 0 fully saturated rings. The third-order valence-corrected chi connectivity index (χ3v) is 4.71. The number of para-hydroxylation sites is 1. The van der Waals surface area contributed by atoms with Crippen molar-refractivity contribution in [1.29, 1.82) is 0 Å². The Bertz CT molecular complexity index is 888. The number of carbonyl (C=O) groups excluding carboxylic acids is 1. The number of fused-ring (bicyclic) bond motifs is 2. The molecular formula is C19H21N5O. The van der Waals surface area contributed by atoms with Gasteiger partial charge in [0.2, 0.25) is 5.91 Å². The van der Waals surface area contributed by atoms with E-state index in [9.17, 15) is 4.79 Å². The van der Waals surface area contributed by atoms with Crippen LogP contribution in [0, 0.1) is 0 Å². The maximum absolute atomic E-state index is 12.2. The Morgan fingerprint density at radius 1 is 1.32 bits per heavy atom. The van der Waals surface area contributed by atoms with Crippen LogP contribution in [0.3, 0.4) is 0 Å². The molecule has 0 aliphatic carbocycles. The molecule has 0 spiro atoms. The van der Waals surface area contributed by atoms with Crippen LogP contribution in [0.2, 0.25) is 0 Å². The average molecular weight is 335 g/mol. The lowest BCUT2D eigenvalue weighted by molar-refractivity contribution is -0.122. The number of aromatic amines is 1. The van der Waals surface area contributed by atoms with Crippen molar-refractivity contribution in [2.45, 2.75) is 19.4 Å². The smallest absolute Gasteiger partial charge is 0.234 e. The normalized spacial score (nSPS) is 14.4. The van der Waals surface area contributed by atoms with Crippen molar-refractivity contribution in [3.05, 3.63) is 59.8 Å². The van der Waals surface area contributed by atoms with Gasteiger partial charge >= 0.3 is 0 Å². The molecule has 4 rings (SSSR count). The molecule has 2 aromatic heterocycles. The van der Waals surface area contributed by atoms with Crippen LogP contribution in [0.15, 0.2) is 43.0 Å². The van der Waals surface area contributed by atoms with E-state index < -0.39 is 0 Å². The molecule has 3 heterocycles. The summed E-state index contributed by atoms with van der Waals surface area (Å²) in [6.07, 6.45) is 7.20. The highest BCUT2D eigenvalue weighted by molar-refractivity contribution is 5.83. The first kappa shape index (κ1) is 15.8. The minimum atomic E-state index is 0.0670. The molecule has 0 radical (unpaired) electrons. The summed E-state index contributed by atoms with van der Waals surface area (Å²) in [6.45, 7) is 2.65. The highest BCUT2D eigenvalue weighted by Crippen LogP contribution is 2.18. The van der Waals surface area contributed by atoms with E-state index in [0.29, 0.717) is 19.6 Å². The molecule has 6 nitrogen and oxygen atoms in total. The van der Waals surface area contributed by atoms with Gasteiger partial charge in [0.1, 0.15) is 6.33 Å². The molecule has 1 aromatic carbocycles. The second-order valence-corrected chi connectivity index (χ2v) is 6.41. The topological polar surface area (TPSA) is 73.9 Å². The average Bonchev–Trinajstić information content (AvgIpc) is 3.05. The van der Waals surface area contributed by atoms with Gasteiger partial charge in [-0.25, -0.2) is 9.97 Å². The highest BCUT2D eigenvalue weighted by atomic mass is 16.2. The number of hydrogen-bond acceptors (Lipinski definition) is 4. The predicted octanol–water partition coefficient (Wildman–Crippen LogP) is 1.67. The molecule has 1 aliphatic rings. The number of nitrogens with zero attached hydrogens (tertiary/aromatic N) is 3. The zero-order valence-corrected chi connectivity index (χ0v) is 14.0. The van der Waals surface area contributed by atoms with E-state index in [1.165, 1.54) is 16.5 Å². The minimum absolute atomic E-state index is 0.0670. The summed E-state index contributed by atoms with van der Waals surface area (Å²) in [5.74, 6) is 0.0670. The molecule has 0 bridgehead atoms. The van der Waals surface area contributed by atoms with Crippen molar-refractivity contribution in [2.75, 3.05) is 19.6 Å². The molecule has 0 saturated carbocycles. The van der Waals surface area contributed by atoms with E-state index in [1.54, 1.807) is 6.33 Å². The van der Waals surface area contributed by atoms with Crippen LogP contribution in [0.4, 0.5) is 0 Å². The first-order valence-corrected chi connectivity index (χ1v) is 8.61. The zero-order valence-electron chi connectivity index (χ0n) is 14.0. The number of carbonyl (C=O) groups is 1. The van der Waals surface area contributed by atoms with Crippen molar-refractivity contribution in [1.82, 2.24) is 25.2 Å². The van der Waals surface area contributed by atoms with Crippen LogP contribution >= 0.6 is 0 Å². The van der Waals surface area contributed by atoms with Gasteiger partial charge < -0.3 is 10.3 Å². The number of aromatic nitrogens is 3.